The van der Waals surface area contributed by atoms with Gasteiger partial charge in [-0.2, -0.15) is 0 Å². The average Bonchev–Trinajstić information content (AvgIpc) is 2.80. The van der Waals surface area contributed by atoms with Crippen LogP contribution in [-0.4, -0.2) is 38.9 Å². The second-order valence-electron chi connectivity index (χ2n) is 7.26. The van der Waals surface area contributed by atoms with Crippen LogP contribution in [0.4, 0.5) is 0 Å². The Morgan fingerprint density at radius 1 is 1.03 bits per heavy atom. The third-order valence-electron chi connectivity index (χ3n) is 5.05. The van der Waals surface area contributed by atoms with Gasteiger partial charge >= 0.3 is 0 Å². The Morgan fingerprint density at radius 2 is 1.80 bits per heavy atom. The summed E-state index contributed by atoms with van der Waals surface area (Å²) in [4.78, 5) is 4.33. The van der Waals surface area contributed by atoms with Gasteiger partial charge < -0.3 is 24.8 Å². The highest BCUT2D eigenvalue weighted by Crippen LogP contribution is 2.17. The van der Waals surface area contributed by atoms with Gasteiger partial charge in [-0.15, -0.1) is 0 Å². The number of hydrogen-bond acceptors (Lipinski definition) is 4. The monoisotopic (exact) mass is 411 g/mol. The van der Waals surface area contributed by atoms with Crippen LogP contribution in [-0.2, 0) is 29.2 Å². The van der Waals surface area contributed by atoms with E-state index >= 15 is 0 Å². The zero-order chi connectivity index (χ0) is 21.0. The van der Waals surface area contributed by atoms with Crippen LogP contribution in [0.25, 0.3) is 0 Å². The molecule has 1 aliphatic heterocycles. The van der Waals surface area contributed by atoms with Gasteiger partial charge in [0.2, 0.25) is 0 Å². The number of para-hydroxylation sites is 1. The van der Waals surface area contributed by atoms with E-state index in [2.05, 4.69) is 46.0 Å². The molecule has 0 aliphatic carbocycles. The first-order valence-electron chi connectivity index (χ1n) is 10.7. The van der Waals surface area contributed by atoms with Crippen molar-refractivity contribution in [1.82, 2.24) is 10.6 Å². The van der Waals surface area contributed by atoms with Gasteiger partial charge in [0.05, 0.1) is 19.3 Å². The Labute approximate surface area is 179 Å². The lowest BCUT2D eigenvalue weighted by atomic mass is 10.1. The molecule has 0 atom stereocenters. The fraction of sp³-hybridized carbons (Fsp3) is 0.458. The van der Waals surface area contributed by atoms with Crippen molar-refractivity contribution in [1.29, 1.82) is 0 Å². The molecular weight excluding hydrogens is 378 g/mol. The maximum Gasteiger partial charge on any atom is 0.191 e. The Hall–Kier alpha value is -2.57. The highest BCUT2D eigenvalue weighted by molar-refractivity contribution is 5.79. The molecular formula is C24H33N3O3. The third kappa shape index (κ3) is 7.04. The summed E-state index contributed by atoms with van der Waals surface area (Å²) in [6.45, 7) is 6.23. The molecule has 2 aromatic carbocycles. The molecule has 0 unspecified atom stereocenters. The summed E-state index contributed by atoms with van der Waals surface area (Å²) in [5.74, 6) is 1.66. The topological polar surface area (TPSA) is 64.1 Å². The second kappa shape index (κ2) is 12.2. The molecule has 30 heavy (non-hydrogen) atoms. The fourth-order valence-corrected chi connectivity index (χ4v) is 3.42. The van der Waals surface area contributed by atoms with Crippen LogP contribution in [0.1, 0.15) is 36.5 Å². The van der Waals surface area contributed by atoms with E-state index in [4.69, 9.17) is 14.2 Å². The van der Waals surface area contributed by atoms with Gasteiger partial charge in [-0.3, -0.25) is 4.99 Å². The van der Waals surface area contributed by atoms with E-state index < -0.39 is 0 Å². The highest BCUT2D eigenvalue weighted by Gasteiger charge is 2.14. The van der Waals surface area contributed by atoms with Crippen LogP contribution in [0, 0.1) is 0 Å². The van der Waals surface area contributed by atoms with Gasteiger partial charge in [-0.25, -0.2) is 0 Å². The second-order valence-corrected chi connectivity index (χ2v) is 7.26. The molecule has 1 saturated heterocycles. The van der Waals surface area contributed by atoms with Crippen molar-refractivity contribution in [3.63, 3.8) is 0 Å². The van der Waals surface area contributed by atoms with Crippen molar-refractivity contribution in [3.8, 4) is 5.75 Å². The molecule has 1 aliphatic rings. The van der Waals surface area contributed by atoms with Crippen molar-refractivity contribution in [2.75, 3.05) is 26.9 Å². The molecule has 1 heterocycles. The van der Waals surface area contributed by atoms with Crippen molar-refractivity contribution in [2.24, 2.45) is 4.99 Å². The smallest absolute Gasteiger partial charge is 0.191 e. The summed E-state index contributed by atoms with van der Waals surface area (Å²) >= 11 is 0. The van der Waals surface area contributed by atoms with E-state index in [0.29, 0.717) is 32.4 Å². The molecule has 0 bridgehead atoms. The summed E-state index contributed by atoms with van der Waals surface area (Å²) in [5.41, 5.74) is 3.49. The lowest BCUT2D eigenvalue weighted by Gasteiger charge is -2.22. The summed E-state index contributed by atoms with van der Waals surface area (Å²) in [7, 11) is 1.78. The number of ether oxygens (including phenoxy) is 3. The van der Waals surface area contributed by atoms with E-state index in [9.17, 15) is 0 Å². The normalized spacial score (nSPS) is 15.1. The number of guanidine groups is 1. The number of rotatable bonds is 9. The molecule has 2 N–H and O–H groups in total. The summed E-state index contributed by atoms with van der Waals surface area (Å²) < 4.78 is 17.1. The molecule has 0 aromatic heterocycles. The first kappa shape index (κ1) is 22.1. The van der Waals surface area contributed by atoms with Gasteiger partial charge in [0, 0.05) is 38.9 Å². The number of benzene rings is 2. The van der Waals surface area contributed by atoms with Crippen LogP contribution >= 0.6 is 0 Å². The number of aliphatic imine (C=N–C) groups is 1. The Bertz CT molecular complexity index is 804. The maximum absolute atomic E-state index is 6.04. The van der Waals surface area contributed by atoms with Gasteiger partial charge in [0.1, 0.15) is 5.75 Å². The van der Waals surface area contributed by atoms with Gasteiger partial charge in [0.15, 0.2) is 5.96 Å². The maximum atomic E-state index is 6.04. The molecule has 3 rings (SSSR count). The largest absolute Gasteiger partial charge is 0.494 e. The lowest BCUT2D eigenvalue weighted by molar-refractivity contribution is -0.0390. The number of hydrogen-bond donors (Lipinski definition) is 2. The van der Waals surface area contributed by atoms with Crippen LogP contribution in [0.15, 0.2) is 53.5 Å². The average molecular weight is 412 g/mol. The predicted octanol–water partition coefficient (Wildman–Crippen LogP) is 3.65. The van der Waals surface area contributed by atoms with Crippen molar-refractivity contribution >= 4 is 5.96 Å². The minimum Gasteiger partial charge on any atom is -0.494 e. The van der Waals surface area contributed by atoms with Crippen molar-refractivity contribution in [3.05, 3.63) is 65.2 Å². The standard InChI is InChI=1S/C24H33N3O3/c1-3-29-23-10-5-4-9-21(23)17-27-24(25-2)26-16-19-7-6-8-20(15-19)18-30-22-11-13-28-14-12-22/h4-10,15,22H,3,11-14,16-18H2,1-2H3,(H2,25,26,27). The van der Waals surface area contributed by atoms with E-state index in [1.165, 1.54) is 11.1 Å². The van der Waals surface area contributed by atoms with Crippen LogP contribution in [0.5, 0.6) is 5.75 Å². The van der Waals surface area contributed by atoms with Crippen LogP contribution in [0.2, 0.25) is 0 Å². The van der Waals surface area contributed by atoms with E-state index in [0.717, 1.165) is 43.3 Å². The molecule has 2 aromatic rings. The van der Waals surface area contributed by atoms with Gasteiger partial charge in [-0.05, 0) is 37.0 Å². The first-order valence-corrected chi connectivity index (χ1v) is 10.7. The predicted molar refractivity (Wildman–Crippen MR) is 120 cm³/mol. The lowest BCUT2D eigenvalue weighted by Crippen LogP contribution is -2.36. The summed E-state index contributed by atoms with van der Waals surface area (Å²) in [6.07, 6.45) is 2.27. The molecule has 162 valence electrons. The van der Waals surface area contributed by atoms with Crippen LogP contribution < -0.4 is 15.4 Å². The minimum atomic E-state index is 0.308. The van der Waals surface area contributed by atoms with E-state index in [1.54, 1.807) is 7.05 Å². The molecule has 0 amide bonds. The molecule has 6 nitrogen and oxygen atoms in total. The quantitative estimate of drug-likeness (QED) is 0.487. The zero-order valence-corrected chi connectivity index (χ0v) is 18.0. The molecule has 0 radical (unpaired) electrons. The SMILES string of the molecule is CCOc1ccccc1CNC(=NC)NCc1cccc(COC2CCOCC2)c1. The van der Waals surface area contributed by atoms with Crippen LogP contribution in [0.3, 0.4) is 0 Å². The first-order chi connectivity index (χ1) is 14.8. The Morgan fingerprint density at radius 3 is 2.60 bits per heavy atom. The highest BCUT2D eigenvalue weighted by atomic mass is 16.5. The summed E-state index contributed by atoms with van der Waals surface area (Å²) in [6, 6.07) is 16.5. The minimum absolute atomic E-state index is 0.308. The fourth-order valence-electron chi connectivity index (χ4n) is 3.42. The van der Waals surface area contributed by atoms with Gasteiger partial charge in [-0.1, -0.05) is 42.5 Å². The van der Waals surface area contributed by atoms with Crippen molar-refractivity contribution in [2.45, 2.75) is 45.6 Å². The number of nitrogens with zero attached hydrogens (tertiary/aromatic N) is 1. The molecule has 0 saturated carbocycles. The Kier molecular flexibility index (Phi) is 9.00. The van der Waals surface area contributed by atoms with Crippen molar-refractivity contribution < 1.29 is 14.2 Å². The summed E-state index contributed by atoms with van der Waals surface area (Å²) in [5, 5.41) is 6.74. The Balaban J connectivity index is 1.47. The third-order valence-corrected chi connectivity index (χ3v) is 5.05. The molecule has 1 fully saturated rings. The molecule has 6 heteroatoms. The van der Waals surface area contributed by atoms with E-state index in [1.807, 2.05) is 25.1 Å². The van der Waals surface area contributed by atoms with E-state index in [-0.39, 0.29) is 0 Å². The molecule has 0 spiro atoms. The zero-order valence-electron chi connectivity index (χ0n) is 18.0. The number of nitrogens with one attached hydrogen (secondary N) is 2. The van der Waals surface area contributed by atoms with Gasteiger partial charge in [0.25, 0.3) is 0 Å².